The molecule has 2 N–H and O–H groups in total. The lowest BCUT2D eigenvalue weighted by Crippen LogP contribution is -2.40. The molecule has 5 rings (SSSR count). The number of ketones is 1. The Kier molecular flexibility index (Phi) is 3.22. The Hall–Kier alpha value is -2.86. The molecule has 0 radical (unpaired) electrons. The fourth-order valence-corrected chi connectivity index (χ4v) is 4.68. The van der Waals surface area contributed by atoms with E-state index in [-0.39, 0.29) is 5.78 Å². The van der Waals surface area contributed by atoms with Gasteiger partial charge in [-0.15, -0.1) is 0 Å². The molecule has 2 heterocycles. The lowest BCUT2D eigenvalue weighted by Gasteiger charge is -2.40. The molecule has 0 aromatic heterocycles. The molecular formula is C21H14BrNO4. The highest BCUT2D eigenvalue weighted by atomic mass is 79.9. The van der Waals surface area contributed by atoms with Gasteiger partial charge < -0.3 is 15.2 Å². The van der Waals surface area contributed by atoms with E-state index in [1.165, 1.54) is 0 Å². The summed E-state index contributed by atoms with van der Waals surface area (Å²) in [7, 11) is 0. The summed E-state index contributed by atoms with van der Waals surface area (Å²) in [6, 6.07) is 12.5. The van der Waals surface area contributed by atoms with Crippen LogP contribution in [0.5, 0.6) is 5.75 Å². The Morgan fingerprint density at radius 1 is 1.11 bits per heavy atom. The maximum absolute atomic E-state index is 12.7. The second-order valence-corrected chi connectivity index (χ2v) is 7.76. The first-order valence-electron chi connectivity index (χ1n) is 8.46. The number of benzene rings is 2. The molecule has 134 valence electrons. The number of hydrogen-bond acceptors (Lipinski definition) is 5. The van der Waals surface area contributed by atoms with Crippen molar-refractivity contribution >= 4 is 33.4 Å². The van der Waals surface area contributed by atoms with E-state index in [1.807, 2.05) is 12.1 Å². The Morgan fingerprint density at radius 2 is 1.89 bits per heavy atom. The van der Waals surface area contributed by atoms with Crippen molar-refractivity contribution in [2.45, 2.75) is 17.4 Å². The van der Waals surface area contributed by atoms with Gasteiger partial charge in [0.15, 0.2) is 11.4 Å². The molecule has 0 saturated heterocycles. The lowest BCUT2D eigenvalue weighted by molar-refractivity contribution is -0.114. The number of esters is 1. The summed E-state index contributed by atoms with van der Waals surface area (Å²) in [5.41, 5.74) is 8.17. The summed E-state index contributed by atoms with van der Waals surface area (Å²) >= 11 is 3.38. The van der Waals surface area contributed by atoms with Gasteiger partial charge in [0.2, 0.25) is 0 Å². The molecule has 1 spiro atoms. The quantitative estimate of drug-likeness (QED) is 0.397. The molecule has 0 fully saturated rings. The van der Waals surface area contributed by atoms with E-state index in [0.717, 1.165) is 0 Å². The van der Waals surface area contributed by atoms with Gasteiger partial charge in [0.1, 0.15) is 11.5 Å². The predicted molar refractivity (Wildman–Crippen MR) is 103 cm³/mol. The van der Waals surface area contributed by atoms with Crippen LogP contribution in [0, 0.1) is 0 Å². The molecular weight excluding hydrogens is 410 g/mol. The van der Waals surface area contributed by atoms with Crippen LogP contribution in [0.1, 0.15) is 28.4 Å². The molecule has 0 bridgehead atoms. The highest BCUT2D eigenvalue weighted by molar-refractivity contribution is 9.10. The van der Waals surface area contributed by atoms with Gasteiger partial charge in [0.05, 0.1) is 16.0 Å². The van der Waals surface area contributed by atoms with Crippen LogP contribution < -0.4 is 10.5 Å². The molecule has 1 aliphatic carbocycles. The van der Waals surface area contributed by atoms with Crippen LogP contribution in [0.4, 0.5) is 5.69 Å². The molecule has 6 heteroatoms. The average molecular weight is 424 g/mol. The summed E-state index contributed by atoms with van der Waals surface area (Å²) in [5, 5.41) is 0. The number of fused-ring (bicyclic) bond motifs is 6. The zero-order valence-corrected chi connectivity index (χ0v) is 15.9. The molecule has 2 atom stereocenters. The van der Waals surface area contributed by atoms with Crippen molar-refractivity contribution in [3.05, 3.63) is 82.1 Å². The van der Waals surface area contributed by atoms with E-state index < -0.39 is 16.4 Å². The van der Waals surface area contributed by atoms with Gasteiger partial charge >= 0.3 is 5.97 Å². The zero-order chi connectivity index (χ0) is 18.9. The number of carbonyl (C=O) groups excluding carboxylic acids is 2. The van der Waals surface area contributed by atoms with E-state index >= 15 is 0 Å². The predicted octanol–water partition coefficient (Wildman–Crippen LogP) is 3.62. The standard InChI is InChI=1S/C21H14BrNO4/c1-10-18-17(9-15(22)19(10)24)26-16-8-11(23)6-7-14(16)21(18)13-5-3-2-4-12(13)20(25)27-21/h2-9,15H,23H2,1H3. The van der Waals surface area contributed by atoms with Gasteiger partial charge in [-0.2, -0.15) is 0 Å². The molecule has 2 aromatic rings. The van der Waals surface area contributed by atoms with Crippen molar-refractivity contribution in [1.29, 1.82) is 0 Å². The second kappa shape index (κ2) is 5.33. The van der Waals surface area contributed by atoms with E-state index in [9.17, 15) is 9.59 Å². The molecule has 27 heavy (non-hydrogen) atoms. The number of ether oxygens (including phenoxy) is 2. The minimum atomic E-state index is -1.23. The number of carbonyl (C=O) groups is 2. The van der Waals surface area contributed by atoms with Crippen molar-refractivity contribution in [3.8, 4) is 5.75 Å². The molecule has 2 aliphatic heterocycles. The van der Waals surface area contributed by atoms with Crippen LogP contribution in [0.2, 0.25) is 0 Å². The third-order valence-corrected chi connectivity index (χ3v) is 5.95. The van der Waals surface area contributed by atoms with Gasteiger partial charge in [0.25, 0.3) is 0 Å². The SMILES string of the molecule is CC1=C2C(=CC(Br)C1=O)Oc1cc(N)ccc1C21OC(=O)c2ccccc21. The molecule has 0 saturated carbocycles. The minimum absolute atomic E-state index is 0.0870. The number of anilines is 1. The molecule has 2 aromatic carbocycles. The maximum atomic E-state index is 12.7. The third kappa shape index (κ3) is 1.99. The van der Waals surface area contributed by atoms with Crippen LogP contribution in [-0.4, -0.2) is 16.6 Å². The van der Waals surface area contributed by atoms with E-state index in [1.54, 1.807) is 43.3 Å². The minimum Gasteiger partial charge on any atom is -0.457 e. The highest BCUT2D eigenvalue weighted by Gasteiger charge is 2.57. The Morgan fingerprint density at radius 3 is 2.70 bits per heavy atom. The Balaban J connectivity index is 1.93. The van der Waals surface area contributed by atoms with Crippen LogP contribution in [0.15, 0.2) is 65.4 Å². The normalized spacial score (nSPS) is 25.4. The summed E-state index contributed by atoms with van der Waals surface area (Å²) in [6.45, 7) is 1.74. The number of nitrogen functional groups attached to an aromatic ring is 1. The largest absolute Gasteiger partial charge is 0.457 e. The second-order valence-electron chi connectivity index (χ2n) is 6.77. The average Bonchev–Trinajstić information content (AvgIpc) is 2.93. The Bertz CT molecular complexity index is 1120. The van der Waals surface area contributed by atoms with Crippen molar-refractivity contribution in [2.24, 2.45) is 0 Å². The van der Waals surface area contributed by atoms with Gasteiger partial charge in [-0.3, -0.25) is 4.79 Å². The van der Waals surface area contributed by atoms with Crippen LogP contribution in [0.25, 0.3) is 0 Å². The summed E-state index contributed by atoms with van der Waals surface area (Å²) in [4.78, 5) is 24.9. The fourth-order valence-electron chi connectivity index (χ4n) is 4.10. The van der Waals surface area contributed by atoms with Crippen molar-refractivity contribution in [1.82, 2.24) is 0 Å². The fraction of sp³-hybridized carbons (Fsp3) is 0.143. The van der Waals surface area contributed by atoms with Gasteiger partial charge in [-0.1, -0.05) is 34.1 Å². The van der Waals surface area contributed by atoms with Gasteiger partial charge in [-0.25, -0.2) is 4.79 Å². The molecule has 2 unspecified atom stereocenters. The van der Waals surface area contributed by atoms with E-state index in [0.29, 0.717) is 45.0 Å². The van der Waals surface area contributed by atoms with Crippen molar-refractivity contribution < 1.29 is 19.1 Å². The molecule has 5 nitrogen and oxygen atoms in total. The number of halogens is 1. The van der Waals surface area contributed by atoms with Crippen LogP contribution in [0.3, 0.4) is 0 Å². The number of allylic oxidation sites excluding steroid dienone is 2. The number of Topliss-reactive ketones (excluding diaryl/α,β-unsaturated/α-hetero) is 1. The number of rotatable bonds is 0. The summed E-state index contributed by atoms with van der Waals surface area (Å²) in [6.07, 6.45) is 1.70. The van der Waals surface area contributed by atoms with E-state index in [4.69, 9.17) is 15.2 Å². The van der Waals surface area contributed by atoms with Gasteiger partial charge in [-0.05, 0) is 31.2 Å². The first-order chi connectivity index (χ1) is 12.9. The topological polar surface area (TPSA) is 78.6 Å². The first kappa shape index (κ1) is 16.3. The van der Waals surface area contributed by atoms with Crippen LogP contribution in [-0.2, 0) is 15.1 Å². The monoisotopic (exact) mass is 423 g/mol. The smallest absolute Gasteiger partial charge is 0.340 e. The number of nitrogens with two attached hydrogens (primary N) is 1. The first-order valence-corrected chi connectivity index (χ1v) is 9.37. The summed E-state index contributed by atoms with van der Waals surface area (Å²) < 4.78 is 12.1. The van der Waals surface area contributed by atoms with Gasteiger partial charge in [0, 0.05) is 28.5 Å². The van der Waals surface area contributed by atoms with Crippen molar-refractivity contribution in [3.63, 3.8) is 0 Å². The molecule has 3 aliphatic rings. The maximum Gasteiger partial charge on any atom is 0.340 e. The zero-order valence-electron chi connectivity index (χ0n) is 14.3. The third-order valence-electron chi connectivity index (χ3n) is 5.27. The number of alkyl halides is 1. The van der Waals surface area contributed by atoms with Crippen molar-refractivity contribution in [2.75, 3.05) is 5.73 Å². The Labute approximate surface area is 163 Å². The number of hydrogen-bond donors (Lipinski definition) is 1. The summed E-state index contributed by atoms with van der Waals surface area (Å²) in [5.74, 6) is 0.493. The van der Waals surface area contributed by atoms with E-state index in [2.05, 4.69) is 15.9 Å². The van der Waals surface area contributed by atoms with Crippen LogP contribution >= 0.6 is 15.9 Å². The molecule has 0 amide bonds. The lowest BCUT2D eigenvalue weighted by atomic mass is 9.73. The highest BCUT2D eigenvalue weighted by Crippen LogP contribution is 2.57.